The first kappa shape index (κ1) is 19.5. The van der Waals surface area contributed by atoms with Gasteiger partial charge in [-0.3, -0.25) is 0 Å². The normalized spacial score (nSPS) is 30.1. The lowest BCUT2D eigenvalue weighted by atomic mass is 10.2. The molecule has 3 heterocycles. The van der Waals surface area contributed by atoms with Gasteiger partial charge in [0.2, 0.25) is 0 Å². The Balaban J connectivity index is 1.60. The Bertz CT molecular complexity index is 667. The van der Waals surface area contributed by atoms with E-state index in [1.165, 1.54) is 17.2 Å². The number of hydrogen-bond acceptors (Lipinski definition) is 5. The maximum Gasteiger partial charge on any atom is 0.282 e. The predicted octanol–water partition coefficient (Wildman–Crippen LogP) is -1.32. The van der Waals surface area contributed by atoms with E-state index < -0.39 is 20.4 Å². The fourth-order valence-corrected chi connectivity index (χ4v) is 6.89. The monoisotopic (exact) mass is 395 g/mol. The fraction of sp³-hybridized carbons (Fsp3) is 1.00. The lowest BCUT2D eigenvalue weighted by molar-refractivity contribution is 0.199. The minimum absolute atomic E-state index is 0.220. The van der Waals surface area contributed by atoms with Gasteiger partial charge in [-0.15, -0.1) is 0 Å². The van der Waals surface area contributed by atoms with Crippen molar-refractivity contribution >= 4 is 20.4 Å². The van der Waals surface area contributed by atoms with Crippen molar-refractivity contribution in [2.24, 2.45) is 5.92 Å². The van der Waals surface area contributed by atoms with E-state index in [2.05, 4.69) is 11.8 Å². The van der Waals surface area contributed by atoms with Gasteiger partial charge in [-0.05, 0) is 19.4 Å². The van der Waals surface area contributed by atoms with Gasteiger partial charge in [0.25, 0.3) is 20.4 Å². The van der Waals surface area contributed by atoms with Crippen LogP contribution in [0, 0.1) is 5.92 Å². The van der Waals surface area contributed by atoms with Gasteiger partial charge in [0, 0.05) is 65.4 Å². The fourth-order valence-electron chi connectivity index (χ4n) is 3.58. The van der Waals surface area contributed by atoms with Crippen LogP contribution >= 0.6 is 0 Å². The van der Waals surface area contributed by atoms with Gasteiger partial charge in [-0.1, -0.05) is 6.92 Å². The van der Waals surface area contributed by atoms with Gasteiger partial charge < -0.3 is 4.90 Å². The molecule has 0 saturated carbocycles. The van der Waals surface area contributed by atoms with Crippen LogP contribution in [0.5, 0.6) is 0 Å². The summed E-state index contributed by atoms with van der Waals surface area (Å²) in [5, 5.41) is 0. The summed E-state index contributed by atoms with van der Waals surface area (Å²) in [6.45, 7) is 6.48. The third-order valence-electron chi connectivity index (χ3n) is 5.35. The highest BCUT2D eigenvalue weighted by Crippen LogP contribution is 2.23. The molecule has 146 valence electrons. The molecule has 0 unspecified atom stereocenters. The number of piperazine rings is 2. The van der Waals surface area contributed by atoms with Crippen LogP contribution in [-0.4, -0.2) is 111 Å². The van der Waals surface area contributed by atoms with E-state index in [4.69, 9.17) is 0 Å². The van der Waals surface area contributed by atoms with Gasteiger partial charge >= 0.3 is 0 Å². The first-order chi connectivity index (χ1) is 11.7. The second-order valence-electron chi connectivity index (χ2n) is 7.27. The highest BCUT2D eigenvalue weighted by Gasteiger charge is 2.39. The zero-order valence-corrected chi connectivity index (χ0v) is 16.7. The van der Waals surface area contributed by atoms with E-state index >= 15 is 0 Å². The lowest BCUT2D eigenvalue weighted by Gasteiger charge is -2.39. The van der Waals surface area contributed by atoms with Gasteiger partial charge in [0.05, 0.1) is 0 Å². The lowest BCUT2D eigenvalue weighted by Crippen LogP contribution is -2.58. The summed E-state index contributed by atoms with van der Waals surface area (Å²) in [5.41, 5.74) is 0. The molecule has 0 aromatic carbocycles. The SMILES string of the molecule is C[C@@H]1CCN(S(=O)(=O)N2CCN(S(=O)(=O)N3CCN(C)CC3)CC2)C1. The summed E-state index contributed by atoms with van der Waals surface area (Å²) in [6.07, 6.45) is 0.886. The van der Waals surface area contributed by atoms with Crippen LogP contribution in [0.2, 0.25) is 0 Å². The predicted molar refractivity (Wildman–Crippen MR) is 95.4 cm³/mol. The molecule has 0 N–H and O–H groups in total. The summed E-state index contributed by atoms with van der Waals surface area (Å²) in [5.74, 6) is 0.383. The molecule has 25 heavy (non-hydrogen) atoms. The Labute approximate surface area is 151 Å². The molecule has 3 aliphatic heterocycles. The van der Waals surface area contributed by atoms with Crippen LogP contribution in [0.3, 0.4) is 0 Å². The summed E-state index contributed by atoms with van der Waals surface area (Å²) in [4.78, 5) is 2.10. The van der Waals surface area contributed by atoms with Crippen molar-refractivity contribution in [2.45, 2.75) is 13.3 Å². The molecule has 3 rings (SSSR count). The molecule has 9 nitrogen and oxygen atoms in total. The van der Waals surface area contributed by atoms with Crippen LogP contribution in [0.15, 0.2) is 0 Å². The smallest absolute Gasteiger partial charge is 0.282 e. The largest absolute Gasteiger partial charge is 0.304 e. The van der Waals surface area contributed by atoms with Crippen molar-refractivity contribution in [3.05, 3.63) is 0 Å². The van der Waals surface area contributed by atoms with Crippen molar-refractivity contribution in [1.29, 1.82) is 0 Å². The molecule has 11 heteroatoms. The molecule has 0 aromatic heterocycles. The van der Waals surface area contributed by atoms with Crippen LogP contribution < -0.4 is 0 Å². The van der Waals surface area contributed by atoms with E-state index in [1.54, 1.807) is 0 Å². The van der Waals surface area contributed by atoms with E-state index in [1.807, 2.05) is 7.05 Å². The number of rotatable bonds is 4. The number of nitrogens with zero attached hydrogens (tertiary/aromatic N) is 5. The standard InChI is InChI=1S/C14H29N5O4S2/c1-14-3-4-19(13-14)25(22,23)18-11-9-17(10-12-18)24(20,21)16-7-5-15(2)6-8-16/h14H,3-13H2,1-2H3/t14-/m1/s1. The van der Waals surface area contributed by atoms with Gasteiger partial charge in [0.1, 0.15) is 0 Å². The molecule has 3 aliphatic rings. The van der Waals surface area contributed by atoms with Gasteiger partial charge in [0.15, 0.2) is 0 Å². The maximum atomic E-state index is 12.8. The van der Waals surface area contributed by atoms with Gasteiger partial charge in [-0.2, -0.15) is 34.1 Å². The maximum absolute atomic E-state index is 12.8. The minimum Gasteiger partial charge on any atom is -0.304 e. The third kappa shape index (κ3) is 4.02. The average Bonchev–Trinajstić information content (AvgIpc) is 3.03. The molecule has 3 fully saturated rings. The second-order valence-corrected chi connectivity index (χ2v) is 11.1. The van der Waals surface area contributed by atoms with Crippen molar-refractivity contribution in [3.63, 3.8) is 0 Å². The first-order valence-corrected chi connectivity index (χ1v) is 11.7. The molecule has 0 radical (unpaired) electrons. The molecular formula is C14H29N5O4S2. The summed E-state index contributed by atoms with van der Waals surface area (Å²) in [6, 6.07) is 0. The van der Waals surface area contributed by atoms with Crippen molar-refractivity contribution < 1.29 is 16.8 Å². The molecular weight excluding hydrogens is 366 g/mol. The summed E-state index contributed by atoms with van der Waals surface area (Å²) >= 11 is 0. The van der Waals surface area contributed by atoms with Crippen LogP contribution in [0.25, 0.3) is 0 Å². The van der Waals surface area contributed by atoms with Crippen molar-refractivity contribution in [1.82, 2.24) is 22.1 Å². The topological polar surface area (TPSA) is 84.5 Å². The van der Waals surface area contributed by atoms with E-state index in [-0.39, 0.29) is 26.2 Å². The molecule has 0 spiro atoms. The van der Waals surface area contributed by atoms with Crippen molar-refractivity contribution in [2.75, 3.05) is 72.5 Å². The van der Waals surface area contributed by atoms with Gasteiger partial charge in [-0.25, -0.2) is 0 Å². The Morgan fingerprint density at radius 3 is 1.44 bits per heavy atom. The Morgan fingerprint density at radius 1 is 0.640 bits per heavy atom. The highest BCUT2D eigenvalue weighted by atomic mass is 32.2. The van der Waals surface area contributed by atoms with Crippen LogP contribution in [0.1, 0.15) is 13.3 Å². The minimum atomic E-state index is -3.50. The zero-order valence-electron chi connectivity index (χ0n) is 15.0. The van der Waals surface area contributed by atoms with Crippen molar-refractivity contribution in [3.8, 4) is 0 Å². The second kappa shape index (κ2) is 7.37. The Hall–Kier alpha value is -0.300. The Morgan fingerprint density at radius 2 is 1.04 bits per heavy atom. The van der Waals surface area contributed by atoms with E-state index in [0.29, 0.717) is 32.1 Å². The summed E-state index contributed by atoms with van der Waals surface area (Å²) in [7, 11) is -4.99. The van der Waals surface area contributed by atoms with E-state index in [9.17, 15) is 16.8 Å². The van der Waals surface area contributed by atoms with Crippen LogP contribution in [0.4, 0.5) is 0 Å². The third-order valence-corrected chi connectivity index (χ3v) is 9.39. The molecule has 1 atom stereocenters. The molecule has 0 amide bonds. The first-order valence-electron chi connectivity index (χ1n) is 8.90. The van der Waals surface area contributed by atoms with Crippen LogP contribution in [-0.2, 0) is 20.4 Å². The molecule has 0 aliphatic carbocycles. The zero-order chi connectivity index (χ0) is 18.2. The average molecular weight is 396 g/mol. The van der Waals surface area contributed by atoms with E-state index in [0.717, 1.165) is 19.5 Å². The Kier molecular flexibility index (Phi) is 5.74. The quantitative estimate of drug-likeness (QED) is 0.590. The molecule has 3 saturated heterocycles. The summed E-state index contributed by atoms with van der Waals surface area (Å²) < 4.78 is 56.8. The number of hydrogen-bond donors (Lipinski definition) is 0. The molecule has 0 bridgehead atoms. The molecule has 0 aromatic rings. The number of likely N-dealkylation sites (N-methyl/N-ethyl adjacent to an activating group) is 1. The highest BCUT2D eigenvalue weighted by molar-refractivity contribution is 7.87.